The van der Waals surface area contributed by atoms with Crippen LogP contribution in [0.4, 0.5) is 5.69 Å². The molecule has 7 heteroatoms. The van der Waals surface area contributed by atoms with Gasteiger partial charge in [0.15, 0.2) is 18.1 Å². The monoisotopic (exact) mass is 343 g/mol. The molecule has 2 aromatic carbocycles. The van der Waals surface area contributed by atoms with Crippen LogP contribution in [0, 0.1) is 24.0 Å². The second-order valence-electron chi connectivity index (χ2n) is 5.46. The molecule has 0 aliphatic carbocycles. The summed E-state index contributed by atoms with van der Waals surface area (Å²) in [6.45, 7) is 3.33. The number of Topliss-reactive ketones (excluding diaryl/α,β-unsaturated/α-hetero) is 1. The lowest BCUT2D eigenvalue weighted by atomic mass is 10.0. The molecule has 0 radical (unpaired) electrons. The van der Waals surface area contributed by atoms with Crippen molar-refractivity contribution in [2.24, 2.45) is 0 Å². The fourth-order valence-electron chi connectivity index (χ4n) is 2.28. The van der Waals surface area contributed by atoms with Crippen LogP contribution in [-0.2, 0) is 4.74 Å². The van der Waals surface area contributed by atoms with Crippen LogP contribution in [0.5, 0.6) is 5.75 Å². The highest BCUT2D eigenvalue weighted by molar-refractivity contribution is 5.98. The predicted octanol–water partition coefficient (Wildman–Crippen LogP) is 3.26. The van der Waals surface area contributed by atoms with Gasteiger partial charge < -0.3 is 9.47 Å². The van der Waals surface area contributed by atoms with Gasteiger partial charge in [-0.25, -0.2) is 4.79 Å². The fourth-order valence-corrected chi connectivity index (χ4v) is 2.28. The van der Waals surface area contributed by atoms with Crippen LogP contribution in [0.3, 0.4) is 0 Å². The lowest BCUT2D eigenvalue weighted by Crippen LogP contribution is -2.14. The number of ketones is 1. The maximum absolute atomic E-state index is 12.3. The first-order valence-electron chi connectivity index (χ1n) is 7.43. The molecule has 0 saturated heterocycles. The summed E-state index contributed by atoms with van der Waals surface area (Å²) in [6, 6.07) is 9.15. The third-order valence-electron chi connectivity index (χ3n) is 3.63. The molecule has 7 nitrogen and oxygen atoms in total. The summed E-state index contributed by atoms with van der Waals surface area (Å²) in [5, 5.41) is 11.2. The maximum atomic E-state index is 12.3. The number of aryl methyl sites for hydroxylation is 2. The molecule has 0 heterocycles. The van der Waals surface area contributed by atoms with Crippen molar-refractivity contribution in [1.82, 2.24) is 0 Å². The second kappa shape index (κ2) is 7.57. The number of hydrogen-bond donors (Lipinski definition) is 0. The summed E-state index contributed by atoms with van der Waals surface area (Å²) in [6.07, 6.45) is 0. The van der Waals surface area contributed by atoms with E-state index in [9.17, 15) is 19.7 Å². The van der Waals surface area contributed by atoms with Crippen molar-refractivity contribution in [3.63, 3.8) is 0 Å². The zero-order valence-corrected chi connectivity index (χ0v) is 14.1. The minimum atomic E-state index is -0.693. The number of hydrogen-bond acceptors (Lipinski definition) is 6. The first-order chi connectivity index (χ1) is 11.8. The number of benzene rings is 2. The largest absolute Gasteiger partial charge is 0.478 e. The van der Waals surface area contributed by atoms with Crippen LogP contribution in [0.1, 0.15) is 31.8 Å². The summed E-state index contributed by atoms with van der Waals surface area (Å²) in [7, 11) is 1.18. The van der Waals surface area contributed by atoms with E-state index in [0.29, 0.717) is 5.56 Å². The average molecular weight is 343 g/mol. The van der Waals surface area contributed by atoms with E-state index in [2.05, 4.69) is 4.74 Å². The first-order valence-corrected chi connectivity index (χ1v) is 7.43. The van der Waals surface area contributed by atoms with E-state index < -0.39 is 16.6 Å². The molecule has 2 rings (SSSR count). The summed E-state index contributed by atoms with van der Waals surface area (Å²) in [5.41, 5.74) is 1.87. The highest BCUT2D eigenvalue weighted by Gasteiger charge is 2.20. The van der Waals surface area contributed by atoms with E-state index in [4.69, 9.17) is 4.74 Å². The van der Waals surface area contributed by atoms with Gasteiger partial charge in [-0.2, -0.15) is 0 Å². The molecule has 2 aromatic rings. The summed E-state index contributed by atoms with van der Waals surface area (Å²) in [5.74, 6) is -1.06. The normalized spacial score (nSPS) is 10.2. The second-order valence-corrected chi connectivity index (χ2v) is 5.46. The van der Waals surface area contributed by atoms with Crippen molar-refractivity contribution in [3.05, 3.63) is 68.8 Å². The minimum Gasteiger partial charge on any atom is -0.478 e. The standard InChI is InChI=1S/C18H17NO6/c1-11-4-5-12(2)14(8-11)16(20)10-25-17-7-6-13(18(21)24-3)9-15(17)19(22)23/h4-9H,10H2,1-3H3. The smallest absolute Gasteiger partial charge is 0.338 e. The van der Waals surface area contributed by atoms with Gasteiger partial charge in [0.25, 0.3) is 0 Å². The van der Waals surface area contributed by atoms with Crippen LogP contribution in [-0.4, -0.2) is 30.4 Å². The molecule has 0 N–H and O–H groups in total. The van der Waals surface area contributed by atoms with E-state index in [1.54, 1.807) is 13.0 Å². The Kier molecular flexibility index (Phi) is 5.49. The van der Waals surface area contributed by atoms with E-state index in [-0.39, 0.29) is 23.7 Å². The zero-order chi connectivity index (χ0) is 18.6. The third kappa shape index (κ3) is 4.20. The highest BCUT2D eigenvalue weighted by Crippen LogP contribution is 2.28. The Morgan fingerprint density at radius 1 is 1.12 bits per heavy atom. The molecule has 0 unspecified atom stereocenters. The van der Waals surface area contributed by atoms with Gasteiger partial charge in [-0.05, 0) is 37.6 Å². The number of methoxy groups -OCH3 is 1. The Balaban J connectivity index is 2.22. The molecule has 0 amide bonds. The van der Waals surface area contributed by atoms with Crippen LogP contribution in [0.15, 0.2) is 36.4 Å². The number of carbonyl (C=O) groups is 2. The molecule has 0 saturated carbocycles. The van der Waals surface area contributed by atoms with Gasteiger partial charge in [0.1, 0.15) is 0 Å². The fraction of sp³-hybridized carbons (Fsp3) is 0.222. The van der Waals surface area contributed by atoms with Crippen molar-refractivity contribution in [1.29, 1.82) is 0 Å². The van der Waals surface area contributed by atoms with Gasteiger partial charge in [-0.15, -0.1) is 0 Å². The third-order valence-corrected chi connectivity index (χ3v) is 3.63. The van der Waals surface area contributed by atoms with Crippen molar-refractivity contribution in [3.8, 4) is 5.75 Å². The molecule has 0 bridgehead atoms. The average Bonchev–Trinajstić information content (AvgIpc) is 2.60. The molecule has 0 spiro atoms. The van der Waals surface area contributed by atoms with Crippen LogP contribution < -0.4 is 4.74 Å². The van der Waals surface area contributed by atoms with Crippen molar-refractivity contribution < 1.29 is 24.0 Å². The lowest BCUT2D eigenvalue weighted by Gasteiger charge is -2.09. The van der Waals surface area contributed by atoms with Crippen molar-refractivity contribution >= 4 is 17.4 Å². The molecule has 0 aliphatic rings. The molecular formula is C18H17NO6. The molecule has 0 atom stereocenters. The van der Waals surface area contributed by atoms with E-state index in [0.717, 1.165) is 17.2 Å². The molecule has 0 aliphatic heterocycles. The lowest BCUT2D eigenvalue weighted by molar-refractivity contribution is -0.385. The van der Waals surface area contributed by atoms with E-state index in [1.165, 1.54) is 19.2 Å². The van der Waals surface area contributed by atoms with Gasteiger partial charge in [-0.1, -0.05) is 17.7 Å². The first kappa shape index (κ1) is 18.1. The summed E-state index contributed by atoms with van der Waals surface area (Å²) < 4.78 is 9.87. The SMILES string of the molecule is COC(=O)c1ccc(OCC(=O)c2cc(C)ccc2C)c([N+](=O)[O-])c1. The Bertz CT molecular complexity index is 843. The Labute approximate surface area is 144 Å². The number of ether oxygens (including phenoxy) is 2. The van der Waals surface area contributed by atoms with E-state index >= 15 is 0 Å². The van der Waals surface area contributed by atoms with Gasteiger partial charge in [-0.3, -0.25) is 14.9 Å². The number of carbonyl (C=O) groups excluding carboxylic acids is 2. The van der Waals surface area contributed by atoms with Gasteiger partial charge >= 0.3 is 11.7 Å². The number of esters is 1. The van der Waals surface area contributed by atoms with Gasteiger partial charge in [0, 0.05) is 11.6 Å². The summed E-state index contributed by atoms with van der Waals surface area (Å²) in [4.78, 5) is 34.3. The maximum Gasteiger partial charge on any atom is 0.338 e. The number of nitro benzene ring substituents is 1. The van der Waals surface area contributed by atoms with Crippen LogP contribution in [0.2, 0.25) is 0 Å². The quantitative estimate of drug-likeness (QED) is 0.346. The zero-order valence-electron chi connectivity index (χ0n) is 14.1. The summed E-state index contributed by atoms with van der Waals surface area (Å²) >= 11 is 0. The van der Waals surface area contributed by atoms with Gasteiger partial charge in [0.2, 0.25) is 0 Å². The molecule has 130 valence electrons. The Morgan fingerprint density at radius 2 is 1.84 bits per heavy atom. The Hall–Kier alpha value is -3.22. The molecule has 0 aromatic heterocycles. The highest BCUT2D eigenvalue weighted by atomic mass is 16.6. The van der Waals surface area contributed by atoms with Gasteiger partial charge in [0.05, 0.1) is 17.6 Å². The number of nitrogens with zero attached hydrogens (tertiary/aromatic N) is 1. The molecular weight excluding hydrogens is 326 g/mol. The van der Waals surface area contributed by atoms with Crippen LogP contribution in [0.25, 0.3) is 0 Å². The van der Waals surface area contributed by atoms with Crippen molar-refractivity contribution in [2.75, 3.05) is 13.7 Å². The van der Waals surface area contributed by atoms with E-state index in [1.807, 2.05) is 19.1 Å². The molecule has 25 heavy (non-hydrogen) atoms. The molecule has 0 fully saturated rings. The minimum absolute atomic E-state index is 0.0300. The topological polar surface area (TPSA) is 95.7 Å². The number of rotatable bonds is 6. The van der Waals surface area contributed by atoms with Crippen LogP contribution >= 0.6 is 0 Å². The Morgan fingerprint density at radius 3 is 2.48 bits per heavy atom. The number of nitro groups is 1. The predicted molar refractivity (Wildman–Crippen MR) is 90.2 cm³/mol. The van der Waals surface area contributed by atoms with Crippen molar-refractivity contribution in [2.45, 2.75) is 13.8 Å².